The molecule has 0 saturated carbocycles. The van der Waals surface area contributed by atoms with Crippen molar-refractivity contribution in [1.82, 2.24) is 0 Å². The number of halogens is 1. The Bertz CT molecular complexity index is 426. The lowest BCUT2D eigenvalue weighted by Gasteiger charge is -2.21. The molecule has 1 aromatic rings. The van der Waals surface area contributed by atoms with E-state index in [1.165, 1.54) is 6.42 Å². The Labute approximate surface area is 110 Å². The highest BCUT2D eigenvalue weighted by atomic mass is 79.9. The Balaban J connectivity index is 2.24. The average Bonchev–Trinajstić information content (AvgIpc) is 2.33. The number of rotatable bonds is 3. The lowest BCUT2D eigenvalue weighted by atomic mass is 10.0. The van der Waals surface area contributed by atoms with Crippen LogP contribution in [-0.4, -0.2) is 11.2 Å². The van der Waals surface area contributed by atoms with Crippen molar-refractivity contribution in [2.24, 2.45) is 0 Å². The summed E-state index contributed by atoms with van der Waals surface area (Å²) in [5.41, 5.74) is 1.90. The van der Waals surface area contributed by atoms with E-state index < -0.39 is 0 Å². The number of allylic oxidation sites excluding steroid dienone is 1. The number of aliphatic hydroxyl groups is 1. The molecule has 1 unspecified atom stereocenters. The number of hydrogen-bond acceptors (Lipinski definition) is 2. The number of aryl methyl sites for hydroxylation is 1. The molecule has 0 aliphatic heterocycles. The van der Waals surface area contributed by atoms with Crippen molar-refractivity contribution in [3.63, 3.8) is 0 Å². The minimum atomic E-state index is 0.00600. The van der Waals surface area contributed by atoms with E-state index in [2.05, 4.69) is 28.1 Å². The van der Waals surface area contributed by atoms with E-state index in [1.54, 1.807) is 0 Å². The summed E-state index contributed by atoms with van der Waals surface area (Å²) >= 11 is 3.43. The van der Waals surface area contributed by atoms with Crippen molar-refractivity contribution < 1.29 is 9.84 Å². The van der Waals surface area contributed by atoms with Gasteiger partial charge in [0.2, 0.25) is 0 Å². The maximum atomic E-state index is 9.38. The normalized spacial score (nSPS) is 19.4. The second-order valence-corrected chi connectivity index (χ2v) is 5.30. The summed E-state index contributed by atoms with van der Waals surface area (Å²) in [5.74, 6) is 0.826. The van der Waals surface area contributed by atoms with E-state index >= 15 is 0 Å². The third-order valence-corrected chi connectivity index (χ3v) is 3.42. The van der Waals surface area contributed by atoms with E-state index in [4.69, 9.17) is 4.74 Å². The van der Waals surface area contributed by atoms with Gasteiger partial charge in [-0.25, -0.2) is 0 Å². The Kier molecular flexibility index (Phi) is 4.24. The van der Waals surface area contributed by atoms with Gasteiger partial charge in [-0.05, 0) is 50.0 Å². The van der Waals surface area contributed by atoms with Gasteiger partial charge in [-0.15, -0.1) is 0 Å². The molecule has 0 amide bonds. The predicted octanol–water partition coefficient (Wildman–Crippen LogP) is 3.74. The van der Waals surface area contributed by atoms with Gasteiger partial charge < -0.3 is 9.84 Å². The van der Waals surface area contributed by atoms with Gasteiger partial charge in [-0.3, -0.25) is 0 Å². The zero-order valence-corrected chi connectivity index (χ0v) is 11.5. The van der Waals surface area contributed by atoms with Crippen LogP contribution in [0.4, 0.5) is 0 Å². The van der Waals surface area contributed by atoms with Gasteiger partial charge in [0.1, 0.15) is 11.9 Å². The monoisotopic (exact) mass is 296 g/mol. The summed E-state index contributed by atoms with van der Waals surface area (Å²) in [6.07, 6.45) is 7.80. The van der Waals surface area contributed by atoms with Crippen LogP contribution in [-0.2, 0) is 6.61 Å². The first-order valence-electron chi connectivity index (χ1n) is 5.94. The molecule has 1 aliphatic rings. The van der Waals surface area contributed by atoms with Crippen LogP contribution < -0.4 is 4.74 Å². The number of benzene rings is 1. The maximum Gasteiger partial charge on any atom is 0.128 e. The Morgan fingerprint density at radius 2 is 2.29 bits per heavy atom. The van der Waals surface area contributed by atoms with Crippen molar-refractivity contribution in [3.05, 3.63) is 39.9 Å². The lowest BCUT2D eigenvalue weighted by Crippen LogP contribution is -2.17. The topological polar surface area (TPSA) is 29.5 Å². The van der Waals surface area contributed by atoms with Gasteiger partial charge in [-0.1, -0.05) is 22.0 Å². The Morgan fingerprint density at radius 1 is 1.47 bits per heavy atom. The van der Waals surface area contributed by atoms with Crippen LogP contribution in [0.3, 0.4) is 0 Å². The number of hydrogen-bond donors (Lipinski definition) is 1. The third kappa shape index (κ3) is 3.11. The fourth-order valence-corrected chi connectivity index (χ4v) is 2.74. The molecule has 0 aromatic heterocycles. The standard InChI is InChI=1S/C14H17BrO2/c1-10-7-12(15)8-11(9-16)14(10)17-13-5-3-2-4-6-13/h3,5,7-8,13,16H,2,4,6,9H2,1H3. The summed E-state index contributed by atoms with van der Waals surface area (Å²) in [6.45, 7) is 2.01. The van der Waals surface area contributed by atoms with Gasteiger partial charge in [0.05, 0.1) is 6.61 Å². The van der Waals surface area contributed by atoms with Crippen molar-refractivity contribution >= 4 is 15.9 Å². The molecule has 92 valence electrons. The molecule has 1 aliphatic carbocycles. The van der Waals surface area contributed by atoms with Crippen LogP contribution >= 0.6 is 15.9 Å². The molecule has 0 radical (unpaired) electrons. The minimum Gasteiger partial charge on any atom is -0.486 e. The molecule has 2 rings (SSSR count). The molecule has 1 atom stereocenters. The molecule has 0 heterocycles. The molecule has 17 heavy (non-hydrogen) atoms. The molecule has 0 fully saturated rings. The van der Waals surface area contributed by atoms with Crippen LogP contribution in [0, 0.1) is 6.92 Å². The fraction of sp³-hybridized carbons (Fsp3) is 0.429. The summed E-state index contributed by atoms with van der Waals surface area (Å²) in [7, 11) is 0. The molecule has 0 spiro atoms. The van der Waals surface area contributed by atoms with Gasteiger partial charge >= 0.3 is 0 Å². The first kappa shape index (κ1) is 12.7. The minimum absolute atomic E-state index is 0.00600. The lowest BCUT2D eigenvalue weighted by molar-refractivity contribution is 0.215. The van der Waals surface area contributed by atoms with Crippen molar-refractivity contribution in [2.75, 3.05) is 0 Å². The SMILES string of the molecule is Cc1cc(Br)cc(CO)c1OC1C=CCCC1. The van der Waals surface area contributed by atoms with Crippen molar-refractivity contribution in [1.29, 1.82) is 0 Å². The quantitative estimate of drug-likeness (QED) is 0.861. The summed E-state index contributed by atoms with van der Waals surface area (Å²) < 4.78 is 6.97. The molecule has 1 N–H and O–H groups in total. The molecular weight excluding hydrogens is 280 g/mol. The summed E-state index contributed by atoms with van der Waals surface area (Å²) in [5, 5.41) is 9.38. The molecule has 0 bridgehead atoms. The maximum absolute atomic E-state index is 9.38. The van der Waals surface area contributed by atoms with Crippen LogP contribution in [0.25, 0.3) is 0 Å². The highest BCUT2D eigenvalue weighted by Crippen LogP contribution is 2.30. The predicted molar refractivity (Wildman–Crippen MR) is 72.2 cm³/mol. The second-order valence-electron chi connectivity index (χ2n) is 4.38. The smallest absolute Gasteiger partial charge is 0.128 e. The van der Waals surface area contributed by atoms with E-state index in [1.807, 2.05) is 19.1 Å². The average molecular weight is 297 g/mol. The zero-order chi connectivity index (χ0) is 12.3. The van der Waals surface area contributed by atoms with Gasteiger partial charge in [-0.2, -0.15) is 0 Å². The van der Waals surface area contributed by atoms with E-state index in [0.29, 0.717) is 0 Å². The first-order chi connectivity index (χ1) is 8.20. The van der Waals surface area contributed by atoms with Gasteiger partial charge in [0.15, 0.2) is 0 Å². The molecule has 1 aromatic carbocycles. The summed E-state index contributed by atoms with van der Waals surface area (Å²) in [6, 6.07) is 3.93. The highest BCUT2D eigenvalue weighted by molar-refractivity contribution is 9.10. The third-order valence-electron chi connectivity index (χ3n) is 2.97. The van der Waals surface area contributed by atoms with Crippen LogP contribution in [0.15, 0.2) is 28.8 Å². The molecule has 0 saturated heterocycles. The first-order valence-corrected chi connectivity index (χ1v) is 6.73. The van der Waals surface area contributed by atoms with Crippen molar-refractivity contribution in [3.8, 4) is 5.75 Å². The molecule has 3 heteroatoms. The van der Waals surface area contributed by atoms with Gasteiger partial charge in [0, 0.05) is 10.0 Å². The zero-order valence-electron chi connectivity index (χ0n) is 9.95. The fourth-order valence-electron chi connectivity index (χ4n) is 2.12. The van der Waals surface area contributed by atoms with Crippen LogP contribution in [0.2, 0.25) is 0 Å². The number of aliphatic hydroxyl groups excluding tert-OH is 1. The largest absolute Gasteiger partial charge is 0.486 e. The summed E-state index contributed by atoms with van der Waals surface area (Å²) in [4.78, 5) is 0. The molecule has 2 nitrogen and oxygen atoms in total. The van der Waals surface area contributed by atoms with E-state index in [0.717, 1.165) is 34.2 Å². The Morgan fingerprint density at radius 3 is 2.94 bits per heavy atom. The van der Waals surface area contributed by atoms with Crippen LogP contribution in [0.5, 0.6) is 5.75 Å². The van der Waals surface area contributed by atoms with E-state index in [-0.39, 0.29) is 12.7 Å². The van der Waals surface area contributed by atoms with Crippen molar-refractivity contribution in [2.45, 2.75) is 38.9 Å². The molecular formula is C14H17BrO2. The van der Waals surface area contributed by atoms with E-state index in [9.17, 15) is 5.11 Å². The number of ether oxygens (including phenoxy) is 1. The van der Waals surface area contributed by atoms with Crippen LogP contribution in [0.1, 0.15) is 30.4 Å². The Hall–Kier alpha value is -0.800. The van der Waals surface area contributed by atoms with Gasteiger partial charge in [0.25, 0.3) is 0 Å². The highest BCUT2D eigenvalue weighted by Gasteiger charge is 2.14. The second kappa shape index (κ2) is 5.69.